The van der Waals surface area contributed by atoms with Gasteiger partial charge in [-0.2, -0.15) is 0 Å². The minimum absolute atomic E-state index is 0.0655. The van der Waals surface area contributed by atoms with E-state index in [0.29, 0.717) is 29.2 Å². The highest BCUT2D eigenvalue weighted by Crippen LogP contribution is 2.38. The van der Waals surface area contributed by atoms with Crippen LogP contribution in [0.3, 0.4) is 0 Å². The number of rotatable bonds is 6. The van der Waals surface area contributed by atoms with Gasteiger partial charge in [0.15, 0.2) is 0 Å². The summed E-state index contributed by atoms with van der Waals surface area (Å²) in [6, 6.07) is 3.29. The molecule has 1 fully saturated rings. The van der Waals surface area contributed by atoms with Crippen molar-refractivity contribution >= 4 is 46.3 Å². The third kappa shape index (κ3) is 4.27. The Morgan fingerprint density at radius 2 is 1.90 bits per heavy atom. The van der Waals surface area contributed by atoms with Gasteiger partial charge in [0.2, 0.25) is 0 Å². The van der Waals surface area contributed by atoms with Gasteiger partial charge < -0.3 is 10.4 Å². The fraction of sp³-hybridized carbons (Fsp3) is 0.455. The summed E-state index contributed by atoms with van der Waals surface area (Å²) in [7, 11) is 0. The molecule has 4 rings (SSSR count). The Labute approximate surface area is 183 Å². The van der Waals surface area contributed by atoms with E-state index in [1.165, 1.54) is 17.5 Å². The molecule has 0 aliphatic heterocycles. The molecule has 1 amide bonds. The number of anilines is 1. The van der Waals surface area contributed by atoms with Gasteiger partial charge in [-0.3, -0.25) is 14.4 Å². The fourth-order valence-electron chi connectivity index (χ4n) is 4.59. The number of nitrogens with zero attached hydrogens (tertiary/aromatic N) is 1. The van der Waals surface area contributed by atoms with Crippen LogP contribution in [0.4, 0.5) is 5.69 Å². The number of ketones is 1. The number of hydrogen-bond acceptors (Lipinski definition) is 5. The number of Topliss-reactive ketones (excluding diaryl/α,β-unsaturated/α-hetero) is 1. The molecule has 2 atom stereocenters. The first-order chi connectivity index (χ1) is 14.4. The zero-order valence-electron chi connectivity index (χ0n) is 16.4. The third-order valence-corrected chi connectivity index (χ3v) is 7.55. The Bertz CT molecular complexity index is 986. The molecule has 2 aliphatic rings. The molecule has 2 heterocycles. The smallest absolute Gasteiger partial charge is 0.307 e. The summed E-state index contributed by atoms with van der Waals surface area (Å²) in [5, 5.41) is 12.7. The molecule has 0 radical (unpaired) electrons. The number of aromatic nitrogens is 1. The summed E-state index contributed by atoms with van der Waals surface area (Å²) in [6.45, 7) is 0. The van der Waals surface area contributed by atoms with Gasteiger partial charge in [0.1, 0.15) is 10.9 Å². The van der Waals surface area contributed by atoms with E-state index in [-0.39, 0.29) is 18.1 Å². The second-order valence-electron chi connectivity index (χ2n) is 7.96. The average Bonchev–Trinajstić information content (AvgIpc) is 3.30. The zero-order chi connectivity index (χ0) is 21.3. The monoisotopic (exact) mass is 446 g/mol. The molecular formula is C22H23ClN2O4S. The first-order valence-corrected chi connectivity index (χ1v) is 11.5. The number of carbonyl (C=O) groups excluding carboxylic acids is 2. The standard InChI is InChI=1S/C22H23ClN2O4S/c23-19-9-8-12(11-24-19)25-21(27)20-15-6-3-7-17(15)30-18(20)10-16(26)13-4-1-2-5-14(13)22(28)29/h8-9,11,13-14H,1-7,10H2,(H,25,27)(H,28,29). The van der Waals surface area contributed by atoms with Gasteiger partial charge >= 0.3 is 5.97 Å². The van der Waals surface area contributed by atoms with Crippen molar-refractivity contribution in [1.29, 1.82) is 0 Å². The third-order valence-electron chi connectivity index (χ3n) is 6.04. The van der Waals surface area contributed by atoms with Crippen molar-refractivity contribution < 1.29 is 19.5 Å². The minimum atomic E-state index is -0.894. The van der Waals surface area contributed by atoms with Crippen LogP contribution in [0.15, 0.2) is 18.3 Å². The average molecular weight is 447 g/mol. The fourth-order valence-corrected chi connectivity index (χ4v) is 6.11. The Kier molecular flexibility index (Phi) is 6.20. The SMILES string of the molecule is O=C(Nc1ccc(Cl)nc1)c1c(CC(=O)C2CCCCC2C(=O)O)sc2c1CCC2. The van der Waals surface area contributed by atoms with Crippen molar-refractivity contribution in [3.63, 3.8) is 0 Å². The van der Waals surface area contributed by atoms with E-state index in [0.717, 1.165) is 47.4 Å². The molecule has 0 bridgehead atoms. The zero-order valence-corrected chi connectivity index (χ0v) is 18.0. The van der Waals surface area contributed by atoms with Crippen LogP contribution in [0.5, 0.6) is 0 Å². The van der Waals surface area contributed by atoms with Crippen LogP contribution in [-0.4, -0.2) is 27.8 Å². The molecule has 0 saturated heterocycles. The van der Waals surface area contributed by atoms with Crippen molar-refractivity contribution in [3.8, 4) is 0 Å². The summed E-state index contributed by atoms with van der Waals surface area (Å²) >= 11 is 7.34. The highest BCUT2D eigenvalue weighted by Gasteiger charge is 2.36. The summed E-state index contributed by atoms with van der Waals surface area (Å²) in [5.74, 6) is -2.29. The van der Waals surface area contributed by atoms with E-state index in [1.54, 1.807) is 12.1 Å². The maximum absolute atomic E-state index is 13.1. The molecule has 0 aromatic carbocycles. The molecule has 158 valence electrons. The molecular weight excluding hydrogens is 424 g/mol. The number of hydrogen-bond donors (Lipinski definition) is 2. The normalized spacial score (nSPS) is 20.6. The van der Waals surface area contributed by atoms with E-state index < -0.39 is 17.8 Å². The molecule has 2 aliphatic carbocycles. The molecule has 8 heteroatoms. The molecule has 2 unspecified atom stereocenters. The van der Waals surface area contributed by atoms with Crippen molar-refractivity contribution in [2.24, 2.45) is 11.8 Å². The maximum Gasteiger partial charge on any atom is 0.307 e. The number of aliphatic carboxylic acids is 1. The van der Waals surface area contributed by atoms with Gasteiger partial charge in [0.05, 0.1) is 23.4 Å². The maximum atomic E-state index is 13.1. The van der Waals surface area contributed by atoms with Crippen LogP contribution in [0.2, 0.25) is 5.15 Å². The lowest BCUT2D eigenvalue weighted by Crippen LogP contribution is -2.33. The predicted octanol–water partition coefficient (Wildman–Crippen LogP) is 4.54. The van der Waals surface area contributed by atoms with E-state index in [1.807, 2.05) is 0 Å². The van der Waals surface area contributed by atoms with Gasteiger partial charge in [-0.25, -0.2) is 4.98 Å². The number of amides is 1. The molecule has 6 nitrogen and oxygen atoms in total. The van der Waals surface area contributed by atoms with E-state index in [4.69, 9.17) is 11.6 Å². The molecule has 2 N–H and O–H groups in total. The molecule has 2 aromatic heterocycles. The van der Waals surface area contributed by atoms with Crippen LogP contribution < -0.4 is 5.32 Å². The number of carboxylic acids is 1. The Balaban J connectivity index is 1.58. The van der Waals surface area contributed by atoms with Crippen molar-refractivity contribution in [2.75, 3.05) is 5.32 Å². The second-order valence-corrected chi connectivity index (χ2v) is 9.53. The molecule has 0 spiro atoms. The first kappa shape index (κ1) is 21.0. The van der Waals surface area contributed by atoms with Crippen LogP contribution in [0.1, 0.15) is 57.8 Å². The number of nitrogens with one attached hydrogen (secondary N) is 1. The van der Waals surface area contributed by atoms with Gasteiger partial charge in [-0.15, -0.1) is 11.3 Å². The lowest BCUT2D eigenvalue weighted by Gasteiger charge is -2.27. The predicted molar refractivity (Wildman–Crippen MR) is 115 cm³/mol. The van der Waals surface area contributed by atoms with Crippen LogP contribution in [-0.2, 0) is 28.9 Å². The van der Waals surface area contributed by atoms with E-state index in [9.17, 15) is 19.5 Å². The quantitative estimate of drug-likeness (QED) is 0.635. The number of carboxylic acid groups (broad SMARTS) is 1. The number of carbonyl (C=O) groups is 3. The van der Waals surface area contributed by atoms with Crippen molar-refractivity contribution in [3.05, 3.63) is 44.4 Å². The van der Waals surface area contributed by atoms with Crippen LogP contribution >= 0.6 is 22.9 Å². The van der Waals surface area contributed by atoms with Gasteiger partial charge in [0, 0.05) is 22.1 Å². The summed E-state index contributed by atoms with van der Waals surface area (Å²) < 4.78 is 0. The number of thiophene rings is 1. The Morgan fingerprint density at radius 1 is 1.13 bits per heavy atom. The summed E-state index contributed by atoms with van der Waals surface area (Å²) in [6.07, 6.45) is 7.23. The highest BCUT2D eigenvalue weighted by molar-refractivity contribution is 7.12. The lowest BCUT2D eigenvalue weighted by molar-refractivity contribution is -0.148. The summed E-state index contributed by atoms with van der Waals surface area (Å²) in [5.41, 5.74) is 2.15. The van der Waals surface area contributed by atoms with Gasteiger partial charge in [0.25, 0.3) is 5.91 Å². The van der Waals surface area contributed by atoms with Crippen molar-refractivity contribution in [1.82, 2.24) is 4.98 Å². The Morgan fingerprint density at radius 3 is 2.60 bits per heavy atom. The largest absolute Gasteiger partial charge is 0.481 e. The lowest BCUT2D eigenvalue weighted by atomic mass is 9.76. The van der Waals surface area contributed by atoms with Crippen LogP contribution in [0.25, 0.3) is 0 Å². The molecule has 1 saturated carbocycles. The van der Waals surface area contributed by atoms with Crippen molar-refractivity contribution in [2.45, 2.75) is 51.4 Å². The van der Waals surface area contributed by atoms with E-state index >= 15 is 0 Å². The minimum Gasteiger partial charge on any atom is -0.481 e. The summed E-state index contributed by atoms with van der Waals surface area (Å²) in [4.78, 5) is 43.7. The topological polar surface area (TPSA) is 96.4 Å². The van der Waals surface area contributed by atoms with E-state index in [2.05, 4.69) is 10.3 Å². The number of fused-ring (bicyclic) bond motifs is 1. The van der Waals surface area contributed by atoms with Crippen LogP contribution in [0, 0.1) is 11.8 Å². The molecule has 30 heavy (non-hydrogen) atoms. The second kappa shape index (κ2) is 8.86. The Hall–Kier alpha value is -2.25. The highest BCUT2D eigenvalue weighted by atomic mass is 35.5. The molecule has 2 aromatic rings. The number of halogens is 1. The van der Waals surface area contributed by atoms with Gasteiger partial charge in [-0.1, -0.05) is 24.4 Å². The first-order valence-electron chi connectivity index (χ1n) is 10.3. The number of pyridine rings is 1. The number of aryl methyl sites for hydroxylation is 1. The van der Waals surface area contributed by atoms with Gasteiger partial charge in [-0.05, 0) is 49.8 Å².